The van der Waals surface area contributed by atoms with Crippen LogP contribution in [-0.2, 0) is 28.9 Å². The Kier molecular flexibility index (Phi) is 10.2. The van der Waals surface area contributed by atoms with E-state index in [9.17, 15) is 0 Å². The first-order chi connectivity index (χ1) is 16.2. The van der Waals surface area contributed by atoms with Crippen molar-refractivity contribution in [1.29, 1.82) is 0 Å². The molecule has 188 valence electrons. The second kappa shape index (κ2) is 12.7. The summed E-state index contributed by atoms with van der Waals surface area (Å²) in [5.74, 6) is 2.09. The van der Waals surface area contributed by atoms with Crippen LogP contribution in [0, 0.1) is 11.8 Å². The molecule has 34 heavy (non-hydrogen) atoms. The Hall–Kier alpha value is -1.20. The third-order valence-corrected chi connectivity index (χ3v) is 5.85. The number of nitrogens with zero attached hydrogens (tertiary/aromatic N) is 3. The summed E-state index contributed by atoms with van der Waals surface area (Å²) in [5, 5.41) is 0. The molecule has 2 atom stereocenters. The minimum atomic E-state index is -1.66. The van der Waals surface area contributed by atoms with Crippen LogP contribution < -0.4 is 0 Å². The van der Waals surface area contributed by atoms with E-state index in [1.807, 2.05) is 0 Å². The summed E-state index contributed by atoms with van der Waals surface area (Å²) in [7, 11) is 14.8. The van der Waals surface area contributed by atoms with E-state index in [1.54, 1.807) is 0 Å². The standard InChI is InChI=1S/C25H31N3O2.3ClH.Rh/c1-6-17-7-9-18(10-8-17)19-11-20(24-27-22(13-29-24)15(2)3)26-21(12-19)25-28-23(14-30-25)16(4)5;;;;/h7-12,15-16,22-23H,6,13-14H2,1-5H3;3*1H;/q;;;;+3/p-3/t22-,23-;;;;/m1..../s1. The van der Waals surface area contributed by atoms with E-state index in [-0.39, 0.29) is 12.1 Å². The Morgan fingerprint density at radius 3 is 1.62 bits per heavy atom. The fourth-order valence-corrected chi connectivity index (χ4v) is 3.59. The number of aromatic nitrogens is 1. The van der Waals surface area contributed by atoms with Gasteiger partial charge in [0.25, 0.3) is 0 Å². The van der Waals surface area contributed by atoms with Crippen LogP contribution in [0.3, 0.4) is 0 Å². The molecule has 0 saturated carbocycles. The zero-order chi connectivity index (χ0) is 24.8. The van der Waals surface area contributed by atoms with Crippen molar-refractivity contribution in [1.82, 2.24) is 4.98 Å². The molecule has 0 unspecified atom stereocenters. The van der Waals surface area contributed by atoms with Gasteiger partial charge in [-0.05, 0) is 47.1 Å². The van der Waals surface area contributed by atoms with Crippen molar-refractivity contribution in [2.75, 3.05) is 13.2 Å². The monoisotopic (exact) mass is 613 g/mol. The number of halogens is 3. The van der Waals surface area contributed by atoms with Crippen molar-refractivity contribution in [2.24, 2.45) is 21.8 Å². The summed E-state index contributed by atoms with van der Waals surface area (Å²) < 4.78 is 11.8. The third kappa shape index (κ3) is 7.40. The molecule has 4 rings (SSSR count). The molecule has 0 saturated heterocycles. The van der Waals surface area contributed by atoms with Gasteiger partial charge in [0, 0.05) is 0 Å². The predicted molar refractivity (Wildman–Crippen MR) is 139 cm³/mol. The summed E-state index contributed by atoms with van der Waals surface area (Å²) in [6, 6.07) is 13.1. The van der Waals surface area contributed by atoms with Crippen LogP contribution in [0.15, 0.2) is 46.4 Å². The molecule has 1 aromatic heterocycles. The normalized spacial score (nSPS) is 19.8. The minimum absolute atomic E-state index is 0.170. The quantitative estimate of drug-likeness (QED) is 0.330. The fraction of sp³-hybridized carbons (Fsp3) is 0.480. The second-order valence-corrected chi connectivity index (χ2v) is 16.4. The van der Waals surface area contributed by atoms with Crippen LogP contribution >= 0.6 is 29.1 Å². The number of hydrogen-bond acceptors (Lipinski definition) is 5. The van der Waals surface area contributed by atoms with Gasteiger partial charge in [-0.2, -0.15) is 0 Å². The summed E-state index contributed by atoms with van der Waals surface area (Å²) in [4.78, 5) is 14.4. The van der Waals surface area contributed by atoms with Crippen molar-refractivity contribution in [3.05, 3.63) is 53.3 Å². The first-order valence-electron chi connectivity index (χ1n) is 11.4. The van der Waals surface area contributed by atoms with E-state index in [0.717, 1.165) is 28.9 Å². The van der Waals surface area contributed by atoms with E-state index in [1.165, 1.54) is 5.56 Å². The molecular formula is C25H31Cl3N3O2Rh. The Bertz CT molecular complexity index is 972. The molecule has 1 aromatic carbocycles. The van der Waals surface area contributed by atoms with Crippen molar-refractivity contribution in [3.63, 3.8) is 0 Å². The maximum absolute atomic E-state index is 5.92. The van der Waals surface area contributed by atoms with Gasteiger partial charge >= 0.3 is 42.1 Å². The topological polar surface area (TPSA) is 56.1 Å². The average molecular weight is 615 g/mol. The number of aliphatic imine (C=N–C) groups is 2. The molecule has 9 heteroatoms. The van der Waals surface area contributed by atoms with Gasteiger partial charge in [0.2, 0.25) is 11.8 Å². The number of benzene rings is 1. The predicted octanol–water partition coefficient (Wildman–Crippen LogP) is 6.98. The Morgan fingerprint density at radius 2 is 1.26 bits per heavy atom. The zero-order valence-corrected chi connectivity index (χ0v) is 23.9. The fourth-order valence-electron chi connectivity index (χ4n) is 3.59. The SMILES string of the molecule is CCc1ccc(-c2cc(C3=N[C@@H](C(C)C)CO3)nc(C3=N[C@@H](C(C)C)CO3)c2)cc1.[Cl][Rh]([Cl])[Cl]. The summed E-state index contributed by atoms with van der Waals surface area (Å²) in [6.07, 6.45) is 1.02. The van der Waals surface area contributed by atoms with Gasteiger partial charge < -0.3 is 9.47 Å². The number of hydrogen-bond donors (Lipinski definition) is 0. The molecule has 2 aromatic rings. The summed E-state index contributed by atoms with van der Waals surface area (Å²) in [6.45, 7) is 12.0. The van der Waals surface area contributed by atoms with Gasteiger partial charge in [0.05, 0.1) is 12.1 Å². The van der Waals surface area contributed by atoms with Crippen molar-refractivity contribution >= 4 is 40.9 Å². The zero-order valence-electron chi connectivity index (χ0n) is 20.0. The number of ether oxygens (including phenoxy) is 2. The summed E-state index contributed by atoms with van der Waals surface area (Å²) >= 11 is -1.66. The van der Waals surface area contributed by atoms with E-state index >= 15 is 0 Å². The Balaban J connectivity index is 0.000000751. The Labute approximate surface area is 220 Å². The molecule has 0 spiro atoms. The van der Waals surface area contributed by atoms with Crippen molar-refractivity contribution in [3.8, 4) is 11.1 Å². The molecule has 0 bridgehead atoms. The van der Waals surface area contributed by atoms with Gasteiger partial charge in [0.15, 0.2) is 0 Å². The van der Waals surface area contributed by atoms with E-state index in [2.05, 4.69) is 71.0 Å². The van der Waals surface area contributed by atoms with Crippen molar-refractivity contribution in [2.45, 2.75) is 53.1 Å². The molecule has 0 amide bonds. The van der Waals surface area contributed by atoms with Gasteiger partial charge in [0.1, 0.15) is 24.6 Å². The number of aryl methyl sites for hydroxylation is 1. The van der Waals surface area contributed by atoms with E-state index in [0.29, 0.717) is 36.8 Å². The molecule has 2 aliphatic heterocycles. The molecule has 3 heterocycles. The van der Waals surface area contributed by atoms with E-state index < -0.39 is 13.0 Å². The summed E-state index contributed by atoms with van der Waals surface area (Å²) in [5.41, 5.74) is 5.00. The molecule has 2 aliphatic rings. The first kappa shape index (κ1) is 27.4. The molecule has 0 N–H and O–H groups in total. The molecule has 5 nitrogen and oxygen atoms in total. The number of pyridine rings is 1. The van der Waals surface area contributed by atoms with Gasteiger partial charge in [-0.1, -0.05) is 58.9 Å². The van der Waals surface area contributed by atoms with Gasteiger partial charge in [-0.25, -0.2) is 15.0 Å². The van der Waals surface area contributed by atoms with Crippen LogP contribution in [0.2, 0.25) is 0 Å². The maximum atomic E-state index is 5.92. The van der Waals surface area contributed by atoms with Crippen LogP contribution in [0.5, 0.6) is 0 Å². The van der Waals surface area contributed by atoms with Crippen LogP contribution in [-0.4, -0.2) is 42.1 Å². The third-order valence-electron chi connectivity index (χ3n) is 5.85. The first-order valence-corrected chi connectivity index (χ1v) is 17.7. The average Bonchev–Trinajstić information content (AvgIpc) is 3.49. The second-order valence-electron chi connectivity index (χ2n) is 8.93. The Morgan fingerprint density at radius 1 is 0.824 bits per heavy atom. The molecule has 0 fully saturated rings. The van der Waals surface area contributed by atoms with Crippen LogP contribution in [0.4, 0.5) is 0 Å². The molecule has 0 aliphatic carbocycles. The number of rotatable bonds is 6. The van der Waals surface area contributed by atoms with Gasteiger partial charge in [-0.15, -0.1) is 0 Å². The van der Waals surface area contributed by atoms with Crippen LogP contribution in [0.25, 0.3) is 11.1 Å². The molecule has 0 radical (unpaired) electrons. The molecular weight excluding hydrogens is 584 g/mol. The van der Waals surface area contributed by atoms with E-state index in [4.69, 9.17) is 53.5 Å². The van der Waals surface area contributed by atoms with Gasteiger partial charge in [-0.3, -0.25) is 0 Å². The van der Waals surface area contributed by atoms with Crippen molar-refractivity contribution < 1.29 is 22.5 Å². The van der Waals surface area contributed by atoms with Crippen LogP contribution in [0.1, 0.15) is 51.6 Å².